The van der Waals surface area contributed by atoms with Gasteiger partial charge in [0, 0.05) is 65.3 Å². The van der Waals surface area contributed by atoms with Crippen molar-refractivity contribution in [2.75, 3.05) is 12.4 Å². The summed E-state index contributed by atoms with van der Waals surface area (Å²) in [7, 11) is 3.40. The fourth-order valence-corrected chi connectivity index (χ4v) is 12.4. The van der Waals surface area contributed by atoms with Crippen LogP contribution in [0.25, 0.3) is 0 Å². The number of allylic oxidation sites excluding steroid dienone is 2. The van der Waals surface area contributed by atoms with E-state index in [0.717, 1.165) is 71.4 Å². The molecule has 1 aromatic heterocycles. The van der Waals surface area contributed by atoms with Crippen molar-refractivity contribution in [1.29, 1.82) is 0 Å². The molecule has 2 aliphatic carbocycles. The van der Waals surface area contributed by atoms with Gasteiger partial charge in [0.05, 0.1) is 25.3 Å². The van der Waals surface area contributed by atoms with Crippen molar-refractivity contribution in [2.45, 2.75) is 101 Å². The first-order valence-corrected chi connectivity index (χ1v) is 25.7. The fraction of sp³-hybridized carbons (Fsp3) is 0.382. The number of ketones is 2. The molecule has 0 saturated heterocycles. The summed E-state index contributed by atoms with van der Waals surface area (Å²) in [5, 5.41) is 34.0. The predicted molar refractivity (Wildman–Crippen MR) is 266 cm³/mol. The highest BCUT2D eigenvalue weighted by molar-refractivity contribution is 8.76. The molecule has 4 aromatic carbocycles. The molecule has 2 heterocycles. The zero-order valence-corrected chi connectivity index (χ0v) is 39.3. The summed E-state index contributed by atoms with van der Waals surface area (Å²) in [6.07, 6.45) is 11.4. The minimum Gasteiger partial charge on any atom is -0.508 e. The minimum atomic E-state index is -0.780. The van der Waals surface area contributed by atoms with Crippen LogP contribution in [-0.4, -0.2) is 50.3 Å². The normalized spacial score (nSPS) is 22.0. The quantitative estimate of drug-likeness (QED) is 0.0524. The van der Waals surface area contributed by atoms with Crippen molar-refractivity contribution in [3.8, 4) is 29.1 Å². The van der Waals surface area contributed by atoms with Gasteiger partial charge in [0.2, 0.25) is 0 Å². The summed E-state index contributed by atoms with van der Waals surface area (Å²) >= 11 is 0. The lowest BCUT2D eigenvalue weighted by atomic mass is 9.77. The number of hydrogen-bond acceptors (Lipinski definition) is 10. The molecule has 5 aromatic rings. The number of ether oxygens (including phenoxy) is 1. The lowest BCUT2D eigenvalue weighted by molar-refractivity contribution is -0.114. The van der Waals surface area contributed by atoms with Gasteiger partial charge in [-0.15, -0.1) is 0 Å². The molecule has 5 atom stereocenters. The van der Waals surface area contributed by atoms with Crippen molar-refractivity contribution in [1.82, 2.24) is 4.98 Å². The Bertz CT molecular complexity index is 2610. The van der Waals surface area contributed by atoms with E-state index in [1.807, 2.05) is 30.3 Å². The number of aromatic hydroxyl groups is 2. The number of benzene rings is 4. The number of fused-ring (bicyclic) bond motifs is 9. The smallest absolute Gasteiger partial charge is 0.165 e. The molecule has 1 saturated carbocycles. The zero-order valence-electron chi connectivity index (χ0n) is 37.6. The van der Waals surface area contributed by atoms with E-state index in [0.29, 0.717) is 66.2 Å². The lowest BCUT2D eigenvalue weighted by Crippen LogP contribution is -2.22. The Morgan fingerprint density at radius 2 is 1.70 bits per heavy atom. The van der Waals surface area contributed by atoms with Crippen molar-refractivity contribution in [3.63, 3.8) is 0 Å². The Kier molecular flexibility index (Phi) is 15.5. The minimum absolute atomic E-state index is 0.00793. The van der Waals surface area contributed by atoms with E-state index in [-0.39, 0.29) is 47.4 Å². The van der Waals surface area contributed by atoms with Gasteiger partial charge in [-0.1, -0.05) is 101 Å². The highest BCUT2D eigenvalue weighted by atomic mass is 33.1. The van der Waals surface area contributed by atoms with Crippen LogP contribution in [0.5, 0.6) is 17.2 Å². The summed E-state index contributed by atoms with van der Waals surface area (Å²) in [5.74, 6) is 8.27. The van der Waals surface area contributed by atoms with Crippen molar-refractivity contribution < 1.29 is 29.6 Å². The number of aliphatic hydroxyl groups is 1. The maximum Gasteiger partial charge on any atom is 0.165 e. The monoisotopic (exact) mass is 923 g/mol. The van der Waals surface area contributed by atoms with Crippen LogP contribution in [0.2, 0.25) is 0 Å². The fourth-order valence-electron chi connectivity index (χ4n) is 9.90. The van der Waals surface area contributed by atoms with Gasteiger partial charge in [-0.2, -0.15) is 0 Å². The number of aliphatic hydroxyl groups excluding tert-OH is 1. The topological polar surface area (TPSA) is 172 Å². The number of aromatic nitrogens is 1. The van der Waals surface area contributed by atoms with Gasteiger partial charge in [0.1, 0.15) is 5.75 Å². The molecule has 9 nitrogen and oxygen atoms in total. The number of Topliss-reactive ketones (excluding diaryl/α,β-unsaturated/α-hetero) is 1. The first-order chi connectivity index (χ1) is 31.9. The first kappa shape index (κ1) is 47.3. The first-order valence-electron chi connectivity index (χ1n) is 23.2. The molecule has 344 valence electrons. The van der Waals surface area contributed by atoms with Gasteiger partial charge in [0.25, 0.3) is 0 Å². The van der Waals surface area contributed by atoms with Gasteiger partial charge in [-0.25, -0.2) is 0 Å². The van der Waals surface area contributed by atoms with Gasteiger partial charge in [-0.3, -0.25) is 9.59 Å². The second kappa shape index (κ2) is 21.6. The Labute approximate surface area is 396 Å². The molecule has 3 aliphatic rings. The van der Waals surface area contributed by atoms with E-state index in [1.54, 1.807) is 58.1 Å². The van der Waals surface area contributed by atoms with E-state index >= 15 is 0 Å². The molecule has 0 spiro atoms. The van der Waals surface area contributed by atoms with Gasteiger partial charge in [-0.05, 0) is 132 Å². The average Bonchev–Trinajstić information content (AvgIpc) is 3.92. The second-order valence-electron chi connectivity index (χ2n) is 18.6. The van der Waals surface area contributed by atoms with Crippen molar-refractivity contribution in [3.05, 3.63) is 159 Å². The zero-order chi connectivity index (χ0) is 46.2. The van der Waals surface area contributed by atoms with Crippen molar-refractivity contribution >= 4 is 33.2 Å². The third-order valence-electron chi connectivity index (χ3n) is 13.8. The average molecular weight is 924 g/mol. The Morgan fingerprint density at radius 1 is 0.894 bits per heavy atom. The second-order valence-corrected chi connectivity index (χ2v) is 21.1. The molecule has 8 bridgehead atoms. The molecule has 1 fully saturated rings. The van der Waals surface area contributed by atoms with E-state index in [2.05, 4.69) is 60.2 Å². The molecule has 66 heavy (non-hydrogen) atoms. The molecule has 0 radical (unpaired) electrons. The molecule has 8 rings (SSSR count). The summed E-state index contributed by atoms with van der Waals surface area (Å²) in [4.78, 5) is 30.9. The molecular formula is C55H61N3O6S2. The molecule has 5 unspecified atom stereocenters. The Hall–Kier alpha value is -5.22. The van der Waals surface area contributed by atoms with Gasteiger partial charge in [0.15, 0.2) is 23.1 Å². The van der Waals surface area contributed by atoms with Crippen LogP contribution in [0.3, 0.4) is 0 Å². The van der Waals surface area contributed by atoms with E-state index in [1.165, 1.54) is 5.56 Å². The Morgan fingerprint density at radius 3 is 2.52 bits per heavy atom. The molecule has 0 amide bonds. The number of nitrogens with one attached hydrogen (secondary N) is 1. The molecular weight excluding hydrogens is 863 g/mol. The van der Waals surface area contributed by atoms with Crippen LogP contribution >= 0.6 is 21.6 Å². The van der Waals surface area contributed by atoms with Crippen LogP contribution in [-0.2, 0) is 36.2 Å². The number of nitrogens with two attached hydrogens (primary N) is 2. The number of hydrogen-bond donors (Lipinski definition) is 6. The number of phenols is 2. The maximum atomic E-state index is 14.2. The van der Waals surface area contributed by atoms with E-state index in [4.69, 9.17) is 16.2 Å². The standard InChI is InChI=1S/C55H61N3O6S2/c1-35(10-11-36-6-3-2-4-7-36)18-22-55-23-19-42(59)15-12-37-14-17-50(61)53(27-37)64-25-21-38-13-16-49(60)47(26-38)46-30-51(62)43-20-24-58-48(43)9-5-8-39-28-45(54(56)57)40(29-44(39)46)33-65-66-34-41(31-55)52(63)32-55/h2-4,6-7,13-14,16-17,19-20,23-24,26-29,35,41,46,52,54,58,60-61,63H,9-12,15,18,21-22,25,30-34,56-57H2,1H3. The number of H-pyrrole nitrogens is 1. The SMILES string of the molecule is CC(CCc1ccccc1)CCC12C=CC(=O)CCc3ccc(O)c(c3)OCCc3ccc(O)c(c3)C3CC(=O)c4cc[nH]c4CC#Cc4cc(C(N)N)c(cc43)CSSCC(C1)C(O)C2. The van der Waals surface area contributed by atoms with E-state index < -0.39 is 18.2 Å². The summed E-state index contributed by atoms with van der Waals surface area (Å²) in [6, 6.07) is 27.0. The maximum absolute atomic E-state index is 14.2. The van der Waals surface area contributed by atoms with Gasteiger partial charge >= 0.3 is 0 Å². The Balaban J connectivity index is 1.11. The van der Waals surface area contributed by atoms with E-state index in [9.17, 15) is 24.9 Å². The number of rotatable bonds is 7. The van der Waals surface area contributed by atoms with Crippen LogP contribution in [0.1, 0.15) is 125 Å². The number of aryl methyl sites for hydroxylation is 2. The van der Waals surface area contributed by atoms with Crippen molar-refractivity contribution in [2.24, 2.45) is 28.7 Å². The number of aromatic amines is 1. The molecule has 8 N–H and O–H groups in total. The summed E-state index contributed by atoms with van der Waals surface area (Å²) in [6.45, 7) is 2.54. The van der Waals surface area contributed by atoms with Crippen LogP contribution in [0, 0.1) is 29.1 Å². The third-order valence-corrected chi connectivity index (χ3v) is 16.2. The highest BCUT2D eigenvalue weighted by Gasteiger charge is 2.43. The highest BCUT2D eigenvalue weighted by Crippen LogP contribution is 2.50. The number of carbonyl (C=O) groups excluding carboxylic acids is 2. The number of phenolic OH excluding ortho intramolecular Hbond substituents is 2. The molecule has 11 heteroatoms. The van der Waals surface area contributed by atoms with Crippen LogP contribution in [0.4, 0.5) is 0 Å². The van der Waals surface area contributed by atoms with Crippen LogP contribution < -0.4 is 16.2 Å². The number of carbonyl (C=O) groups is 2. The largest absolute Gasteiger partial charge is 0.508 e. The van der Waals surface area contributed by atoms with Gasteiger partial charge < -0.3 is 36.5 Å². The predicted octanol–water partition coefficient (Wildman–Crippen LogP) is 10.0. The summed E-state index contributed by atoms with van der Waals surface area (Å²) in [5.41, 5.74) is 20.8. The third kappa shape index (κ3) is 11.7. The van der Waals surface area contributed by atoms with Crippen LogP contribution in [0.15, 0.2) is 103 Å². The summed E-state index contributed by atoms with van der Waals surface area (Å²) < 4.78 is 6.16. The lowest BCUT2D eigenvalue weighted by Gasteiger charge is -2.27. The molecule has 1 aliphatic heterocycles.